The molecule has 3 nitrogen and oxygen atoms in total. The minimum Gasteiger partial charge on any atom is -0.435 e. The van der Waals surface area contributed by atoms with Crippen LogP contribution in [0.4, 0.5) is 8.78 Å². The lowest BCUT2D eigenvalue weighted by Crippen LogP contribution is -2.21. The van der Waals surface area contributed by atoms with E-state index in [-0.39, 0.29) is 11.3 Å². The van der Waals surface area contributed by atoms with Gasteiger partial charge < -0.3 is 9.30 Å². The fraction of sp³-hybridized carbons (Fsp3) is 0.214. The SMILES string of the molecule is Cc1cccn(Cc2ccc(OC(F)F)cc2)c1=O. The van der Waals surface area contributed by atoms with Crippen LogP contribution in [0, 0.1) is 6.92 Å². The van der Waals surface area contributed by atoms with E-state index >= 15 is 0 Å². The third kappa shape index (κ3) is 3.40. The van der Waals surface area contributed by atoms with E-state index in [0.29, 0.717) is 12.1 Å². The molecule has 0 bridgehead atoms. The Labute approximate surface area is 109 Å². The summed E-state index contributed by atoms with van der Waals surface area (Å²) < 4.78 is 29.8. The van der Waals surface area contributed by atoms with Gasteiger partial charge in [0, 0.05) is 11.8 Å². The average Bonchev–Trinajstić information content (AvgIpc) is 2.37. The Kier molecular flexibility index (Phi) is 3.94. The summed E-state index contributed by atoms with van der Waals surface area (Å²) in [5.41, 5.74) is 1.45. The van der Waals surface area contributed by atoms with Crippen molar-refractivity contribution in [3.63, 3.8) is 0 Å². The molecule has 0 atom stereocenters. The first-order valence-electron chi connectivity index (χ1n) is 5.76. The molecule has 1 heterocycles. The number of ether oxygens (including phenoxy) is 1. The second-order valence-electron chi connectivity index (χ2n) is 4.15. The predicted molar refractivity (Wildman–Crippen MR) is 67.6 cm³/mol. The molecule has 1 aromatic heterocycles. The number of alkyl halides is 2. The van der Waals surface area contributed by atoms with Crippen LogP contribution in [-0.2, 0) is 6.54 Å². The average molecular weight is 265 g/mol. The number of halogens is 2. The summed E-state index contributed by atoms with van der Waals surface area (Å²) >= 11 is 0. The molecular weight excluding hydrogens is 252 g/mol. The minimum absolute atomic E-state index is 0.0598. The fourth-order valence-corrected chi connectivity index (χ4v) is 1.75. The first-order chi connectivity index (χ1) is 9.06. The summed E-state index contributed by atoms with van der Waals surface area (Å²) in [7, 11) is 0. The van der Waals surface area contributed by atoms with Gasteiger partial charge in [0.25, 0.3) is 5.56 Å². The van der Waals surface area contributed by atoms with Gasteiger partial charge in [0.1, 0.15) is 5.75 Å². The molecule has 0 aliphatic carbocycles. The largest absolute Gasteiger partial charge is 0.435 e. The number of nitrogens with zero attached hydrogens (tertiary/aromatic N) is 1. The van der Waals surface area contributed by atoms with Gasteiger partial charge in [-0.2, -0.15) is 8.78 Å². The van der Waals surface area contributed by atoms with Crippen molar-refractivity contribution in [2.24, 2.45) is 0 Å². The fourth-order valence-electron chi connectivity index (χ4n) is 1.75. The number of benzene rings is 1. The van der Waals surface area contributed by atoms with Gasteiger partial charge in [0.2, 0.25) is 0 Å². The predicted octanol–water partition coefficient (Wildman–Crippen LogP) is 2.81. The van der Waals surface area contributed by atoms with Crippen LogP contribution < -0.4 is 10.3 Å². The third-order valence-electron chi connectivity index (χ3n) is 2.71. The van der Waals surface area contributed by atoms with Gasteiger partial charge in [-0.15, -0.1) is 0 Å². The number of pyridine rings is 1. The summed E-state index contributed by atoms with van der Waals surface area (Å²) in [5, 5.41) is 0. The summed E-state index contributed by atoms with van der Waals surface area (Å²) in [5.74, 6) is 0.107. The van der Waals surface area contributed by atoms with Gasteiger partial charge in [-0.05, 0) is 30.7 Å². The first kappa shape index (κ1) is 13.3. The molecule has 0 spiro atoms. The molecule has 0 fully saturated rings. The van der Waals surface area contributed by atoms with Crippen molar-refractivity contribution in [2.45, 2.75) is 20.1 Å². The van der Waals surface area contributed by atoms with Crippen LogP contribution in [0.1, 0.15) is 11.1 Å². The molecule has 0 aliphatic rings. The highest BCUT2D eigenvalue weighted by Crippen LogP contribution is 2.15. The van der Waals surface area contributed by atoms with E-state index in [2.05, 4.69) is 4.74 Å². The lowest BCUT2D eigenvalue weighted by molar-refractivity contribution is -0.0498. The van der Waals surface area contributed by atoms with Crippen molar-refractivity contribution < 1.29 is 13.5 Å². The van der Waals surface area contributed by atoms with Gasteiger partial charge >= 0.3 is 6.61 Å². The lowest BCUT2D eigenvalue weighted by Gasteiger charge is -2.08. The van der Waals surface area contributed by atoms with Crippen LogP contribution in [0.25, 0.3) is 0 Å². The quantitative estimate of drug-likeness (QED) is 0.851. The van der Waals surface area contributed by atoms with Gasteiger partial charge in [0.05, 0.1) is 6.54 Å². The molecule has 5 heteroatoms. The Balaban J connectivity index is 2.15. The highest BCUT2D eigenvalue weighted by molar-refractivity contribution is 5.27. The zero-order chi connectivity index (χ0) is 13.8. The molecule has 100 valence electrons. The normalized spacial score (nSPS) is 10.7. The number of hydrogen-bond acceptors (Lipinski definition) is 2. The topological polar surface area (TPSA) is 31.2 Å². The van der Waals surface area contributed by atoms with Gasteiger partial charge in [-0.1, -0.05) is 18.2 Å². The summed E-state index contributed by atoms with van der Waals surface area (Å²) in [6.07, 6.45) is 1.69. The van der Waals surface area contributed by atoms with Crippen molar-refractivity contribution in [1.29, 1.82) is 0 Å². The maximum absolute atomic E-state index is 12.0. The second kappa shape index (κ2) is 5.65. The molecule has 2 rings (SSSR count). The van der Waals surface area contributed by atoms with Gasteiger partial charge in [-0.3, -0.25) is 4.79 Å². The molecule has 0 unspecified atom stereocenters. The minimum atomic E-state index is -2.83. The van der Waals surface area contributed by atoms with Crippen molar-refractivity contribution in [3.05, 3.63) is 64.1 Å². The Bertz CT molecular complexity index is 606. The van der Waals surface area contributed by atoms with Gasteiger partial charge in [-0.25, -0.2) is 0 Å². The van der Waals surface area contributed by atoms with E-state index in [1.54, 1.807) is 42.0 Å². The van der Waals surface area contributed by atoms with E-state index < -0.39 is 6.61 Å². The van der Waals surface area contributed by atoms with Crippen molar-refractivity contribution >= 4 is 0 Å². The van der Waals surface area contributed by atoms with Crippen LogP contribution in [0.2, 0.25) is 0 Å². The van der Waals surface area contributed by atoms with Crippen LogP contribution in [0.3, 0.4) is 0 Å². The molecular formula is C14H13F2NO2. The molecule has 0 saturated carbocycles. The van der Waals surface area contributed by atoms with Crippen LogP contribution in [0.5, 0.6) is 5.75 Å². The monoisotopic (exact) mass is 265 g/mol. The van der Waals surface area contributed by atoms with E-state index in [0.717, 1.165) is 5.56 Å². The van der Waals surface area contributed by atoms with Gasteiger partial charge in [0.15, 0.2) is 0 Å². The van der Waals surface area contributed by atoms with E-state index in [9.17, 15) is 13.6 Å². The maximum atomic E-state index is 12.0. The molecule has 0 N–H and O–H groups in total. The number of rotatable bonds is 4. The molecule has 0 aliphatic heterocycles. The smallest absolute Gasteiger partial charge is 0.387 e. The number of hydrogen-bond donors (Lipinski definition) is 0. The zero-order valence-corrected chi connectivity index (χ0v) is 10.3. The maximum Gasteiger partial charge on any atom is 0.387 e. The number of aromatic nitrogens is 1. The molecule has 19 heavy (non-hydrogen) atoms. The Morgan fingerprint density at radius 1 is 1.21 bits per heavy atom. The van der Waals surface area contributed by atoms with Crippen LogP contribution >= 0.6 is 0 Å². The summed E-state index contributed by atoms with van der Waals surface area (Å²) in [6, 6.07) is 9.78. The summed E-state index contributed by atoms with van der Waals surface area (Å²) in [4.78, 5) is 11.8. The molecule has 2 aromatic rings. The molecule has 1 aromatic carbocycles. The molecule has 0 amide bonds. The number of aryl methyl sites for hydroxylation is 1. The summed E-state index contributed by atoms with van der Waals surface area (Å²) in [6.45, 7) is -0.682. The van der Waals surface area contributed by atoms with E-state index in [1.807, 2.05) is 0 Å². The third-order valence-corrected chi connectivity index (χ3v) is 2.71. The van der Waals surface area contributed by atoms with Crippen LogP contribution in [0.15, 0.2) is 47.4 Å². The Morgan fingerprint density at radius 2 is 1.89 bits per heavy atom. The Hall–Kier alpha value is -2.17. The second-order valence-corrected chi connectivity index (χ2v) is 4.15. The first-order valence-corrected chi connectivity index (χ1v) is 5.76. The standard InChI is InChI=1S/C14H13F2NO2/c1-10-3-2-8-17(13(10)18)9-11-4-6-12(7-5-11)19-14(15)16/h2-8,14H,9H2,1H3. The van der Waals surface area contributed by atoms with Crippen molar-refractivity contribution in [2.75, 3.05) is 0 Å². The van der Waals surface area contributed by atoms with Crippen molar-refractivity contribution in [1.82, 2.24) is 4.57 Å². The lowest BCUT2D eigenvalue weighted by atomic mass is 10.2. The van der Waals surface area contributed by atoms with E-state index in [1.165, 1.54) is 12.1 Å². The highest BCUT2D eigenvalue weighted by atomic mass is 19.3. The van der Waals surface area contributed by atoms with Crippen molar-refractivity contribution in [3.8, 4) is 5.75 Å². The highest BCUT2D eigenvalue weighted by Gasteiger charge is 2.04. The molecule has 0 radical (unpaired) electrons. The zero-order valence-electron chi connectivity index (χ0n) is 10.3. The molecule has 0 saturated heterocycles. The van der Waals surface area contributed by atoms with Crippen LogP contribution in [-0.4, -0.2) is 11.2 Å². The Morgan fingerprint density at radius 3 is 2.53 bits per heavy atom. The van der Waals surface area contributed by atoms with E-state index in [4.69, 9.17) is 0 Å².